The summed E-state index contributed by atoms with van der Waals surface area (Å²) < 4.78 is 65.3. The van der Waals surface area contributed by atoms with Gasteiger partial charge in [0.25, 0.3) is 0 Å². The van der Waals surface area contributed by atoms with Gasteiger partial charge in [0.1, 0.15) is 11.4 Å². The van der Waals surface area contributed by atoms with E-state index in [4.69, 9.17) is 0 Å². The van der Waals surface area contributed by atoms with Crippen LogP contribution in [-0.2, 0) is 0 Å². The van der Waals surface area contributed by atoms with Crippen LogP contribution in [0.3, 0.4) is 0 Å². The Balaban J connectivity index is 2.53. The van der Waals surface area contributed by atoms with Gasteiger partial charge in [-0.1, -0.05) is 12.1 Å². The molecule has 0 heterocycles. The second-order valence-electron chi connectivity index (χ2n) is 3.73. The van der Waals surface area contributed by atoms with Crippen LogP contribution >= 0.6 is 0 Å². The summed E-state index contributed by atoms with van der Waals surface area (Å²) in [4.78, 5) is 3.50. The Kier molecular flexibility index (Phi) is 3.69. The third-order valence-corrected chi connectivity index (χ3v) is 2.46. The van der Waals surface area contributed by atoms with E-state index in [0.717, 1.165) is 0 Å². The second kappa shape index (κ2) is 5.28. The summed E-state index contributed by atoms with van der Waals surface area (Å²) in [6.45, 7) is 0. The molecule has 0 aromatic heterocycles. The minimum Gasteiger partial charge on any atom is -0.506 e. The third-order valence-electron chi connectivity index (χ3n) is 2.46. The van der Waals surface area contributed by atoms with Crippen LogP contribution in [-0.4, -0.2) is 11.3 Å². The molecule has 0 unspecified atom stereocenters. The van der Waals surface area contributed by atoms with Crippen LogP contribution in [0.1, 0.15) is 5.56 Å². The van der Waals surface area contributed by atoms with Crippen LogP contribution in [0.15, 0.2) is 29.3 Å². The molecule has 2 rings (SSSR count). The maximum Gasteiger partial charge on any atom is 0.200 e. The monoisotopic (exact) mass is 287 g/mol. The molecular formula is C13H6F5NO. The van der Waals surface area contributed by atoms with E-state index in [1.165, 1.54) is 24.3 Å². The summed E-state index contributed by atoms with van der Waals surface area (Å²) in [5.41, 5.74) is -1.25. The zero-order valence-corrected chi connectivity index (χ0v) is 9.67. The predicted octanol–water partition coefficient (Wildman–Crippen LogP) is 3.84. The van der Waals surface area contributed by atoms with Gasteiger partial charge in [-0.05, 0) is 12.1 Å². The van der Waals surface area contributed by atoms with Gasteiger partial charge in [-0.3, -0.25) is 4.99 Å². The van der Waals surface area contributed by atoms with Gasteiger partial charge in [0, 0.05) is 6.21 Å². The molecule has 1 N–H and O–H groups in total. The molecule has 0 aliphatic carbocycles. The average molecular weight is 287 g/mol. The lowest BCUT2D eigenvalue weighted by molar-refractivity contribution is 0.377. The van der Waals surface area contributed by atoms with Gasteiger partial charge in [-0.25, -0.2) is 22.0 Å². The molecule has 0 spiro atoms. The second-order valence-corrected chi connectivity index (χ2v) is 3.73. The quantitative estimate of drug-likeness (QED) is 0.387. The van der Waals surface area contributed by atoms with E-state index >= 15 is 0 Å². The predicted molar refractivity (Wildman–Crippen MR) is 61.6 cm³/mol. The van der Waals surface area contributed by atoms with E-state index in [1.54, 1.807) is 0 Å². The van der Waals surface area contributed by atoms with E-state index in [1.807, 2.05) is 0 Å². The molecule has 0 atom stereocenters. The fourth-order valence-electron chi connectivity index (χ4n) is 1.44. The lowest BCUT2D eigenvalue weighted by atomic mass is 10.2. The van der Waals surface area contributed by atoms with Gasteiger partial charge < -0.3 is 5.11 Å². The SMILES string of the molecule is Oc1ccccc1N=Cc1c(F)c(F)c(F)c(F)c1F. The molecule has 7 heteroatoms. The van der Waals surface area contributed by atoms with Crippen LogP contribution in [0.25, 0.3) is 0 Å². The maximum atomic E-state index is 13.3. The zero-order chi connectivity index (χ0) is 14.9. The molecular weight excluding hydrogens is 281 g/mol. The van der Waals surface area contributed by atoms with Gasteiger partial charge in [0.15, 0.2) is 23.3 Å². The van der Waals surface area contributed by atoms with Crippen molar-refractivity contribution in [3.05, 3.63) is 58.9 Å². The molecule has 0 saturated heterocycles. The minimum atomic E-state index is -2.24. The summed E-state index contributed by atoms with van der Waals surface area (Å²) in [7, 11) is 0. The first-order valence-electron chi connectivity index (χ1n) is 5.27. The molecule has 0 amide bonds. The molecule has 0 aliphatic heterocycles. The standard InChI is InChI=1S/C13H6F5NO/c14-9-6(10(15)12(17)13(18)11(9)16)5-19-7-3-1-2-4-8(7)20/h1-5,20H. The number of nitrogens with zero attached hydrogens (tertiary/aromatic N) is 1. The van der Waals surface area contributed by atoms with Crippen molar-refractivity contribution in [2.45, 2.75) is 0 Å². The van der Waals surface area contributed by atoms with E-state index in [0.29, 0.717) is 6.21 Å². The molecule has 2 aromatic carbocycles. The van der Waals surface area contributed by atoms with Crippen molar-refractivity contribution in [3.63, 3.8) is 0 Å². The molecule has 0 saturated carbocycles. The topological polar surface area (TPSA) is 32.6 Å². The molecule has 0 fully saturated rings. The van der Waals surface area contributed by atoms with Crippen LogP contribution in [0.4, 0.5) is 27.6 Å². The number of halogens is 5. The summed E-state index contributed by atoms with van der Waals surface area (Å²) in [6.07, 6.45) is 0.464. The van der Waals surface area contributed by atoms with Crippen LogP contribution in [0.2, 0.25) is 0 Å². The summed E-state index contributed by atoms with van der Waals surface area (Å²) in [5.74, 6) is -10.6. The first-order valence-corrected chi connectivity index (χ1v) is 5.27. The number of phenols is 1. The number of benzene rings is 2. The van der Waals surface area contributed by atoms with Crippen molar-refractivity contribution in [2.24, 2.45) is 4.99 Å². The Morgan fingerprint density at radius 3 is 1.85 bits per heavy atom. The lowest BCUT2D eigenvalue weighted by Gasteiger charge is -2.04. The number of hydrogen-bond donors (Lipinski definition) is 1. The molecule has 0 bridgehead atoms. The van der Waals surface area contributed by atoms with Crippen LogP contribution < -0.4 is 0 Å². The summed E-state index contributed by atoms with van der Waals surface area (Å²) >= 11 is 0. The van der Waals surface area contributed by atoms with Gasteiger partial charge >= 0.3 is 0 Å². The van der Waals surface area contributed by atoms with E-state index < -0.39 is 34.6 Å². The van der Waals surface area contributed by atoms with E-state index in [9.17, 15) is 27.1 Å². The minimum absolute atomic E-state index is 0.0727. The summed E-state index contributed by atoms with van der Waals surface area (Å²) in [6, 6.07) is 5.51. The Bertz CT molecular complexity index is 670. The normalized spacial score (nSPS) is 11.2. The smallest absolute Gasteiger partial charge is 0.200 e. The number of para-hydroxylation sites is 2. The largest absolute Gasteiger partial charge is 0.506 e. The molecule has 0 aliphatic rings. The maximum absolute atomic E-state index is 13.3. The summed E-state index contributed by atoms with van der Waals surface area (Å²) in [5, 5.41) is 9.37. The van der Waals surface area contributed by atoms with Crippen molar-refractivity contribution in [1.29, 1.82) is 0 Å². The van der Waals surface area contributed by atoms with E-state index in [2.05, 4.69) is 4.99 Å². The number of phenolic OH excluding ortho intramolecular Hbond substituents is 1. The van der Waals surface area contributed by atoms with Crippen molar-refractivity contribution in [3.8, 4) is 5.75 Å². The Morgan fingerprint density at radius 2 is 1.30 bits per heavy atom. The van der Waals surface area contributed by atoms with E-state index in [-0.39, 0.29) is 11.4 Å². The first-order chi connectivity index (χ1) is 9.43. The van der Waals surface area contributed by atoms with Crippen molar-refractivity contribution in [2.75, 3.05) is 0 Å². The number of aromatic hydroxyl groups is 1. The van der Waals surface area contributed by atoms with Gasteiger partial charge in [-0.2, -0.15) is 0 Å². The number of rotatable bonds is 2. The lowest BCUT2D eigenvalue weighted by Crippen LogP contribution is -2.06. The Labute approximate surface area is 109 Å². The molecule has 2 aromatic rings. The Hall–Kier alpha value is -2.44. The first kappa shape index (κ1) is 14.0. The fourth-order valence-corrected chi connectivity index (χ4v) is 1.44. The molecule has 104 valence electrons. The van der Waals surface area contributed by atoms with Crippen LogP contribution in [0, 0.1) is 29.1 Å². The number of hydrogen-bond acceptors (Lipinski definition) is 2. The molecule has 2 nitrogen and oxygen atoms in total. The van der Waals surface area contributed by atoms with Crippen LogP contribution in [0.5, 0.6) is 5.75 Å². The Morgan fingerprint density at radius 1 is 0.800 bits per heavy atom. The fraction of sp³-hybridized carbons (Fsp3) is 0. The van der Waals surface area contributed by atoms with Crippen molar-refractivity contribution >= 4 is 11.9 Å². The van der Waals surface area contributed by atoms with Crippen molar-refractivity contribution < 1.29 is 27.1 Å². The highest BCUT2D eigenvalue weighted by molar-refractivity contribution is 5.83. The van der Waals surface area contributed by atoms with Gasteiger partial charge in [-0.15, -0.1) is 0 Å². The number of aliphatic imine (C=N–C) groups is 1. The molecule has 20 heavy (non-hydrogen) atoms. The molecule has 0 radical (unpaired) electrons. The highest BCUT2D eigenvalue weighted by Crippen LogP contribution is 2.26. The third kappa shape index (κ3) is 2.34. The van der Waals surface area contributed by atoms with Gasteiger partial charge in [0.05, 0.1) is 5.56 Å². The van der Waals surface area contributed by atoms with Crippen molar-refractivity contribution in [1.82, 2.24) is 0 Å². The average Bonchev–Trinajstić information content (AvgIpc) is 2.45. The zero-order valence-electron chi connectivity index (χ0n) is 9.67. The highest BCUT2D eigenvalue weighted by atomic mass is 19.2. The highest BCUT2D eigenvalue weighted by Gasteiger charge is 2.24. The van der Waals surface area contributed by atoms with Gasteiger partial charge in [0.2, 0.25) is 5.82 Å².